The van der Waals surface area contributed by atoms with E-state index in [1.807, 2.05) is 4.72 Å². The number of ether oxygens (including phenoxy) is 2. The van der Waals surface area contributed by atoms with Crippen LogP contribution in [0.5, 0.6) is 11.5 Å². The summed E-state index contributed by atoms with van der Waals surface area (Å²) in [4.78, 5) is 20.8. The molecule has 15 heteroatoms. The van der Waals surface area contributed by atoms with Gasteiger partial charge in [-0.2, -0.15) is 23.3 Å². The molecule has 0 unspecified atom stereocenters. The zero-order chi connectivity index (χ0) is 28.1. The first kappa shape index (κ1) is 26.0. The van der Waals surface area contributed by atoms with Crippen molar-refractivity contribution in [3.63, 3.8) is 0 Å². The van der Waals surface area contributed by atoms with Crippen LogP contribution in [-0.2, 0) is 16.2 Å². The summed E-state index contributed by atoms with van der Waals surface area (Å²) in [6.45, 7) is 1.43. The minimum atomic E-state index is -4.71. The van der Waals surface area contributed by atoms with Crippen LogP contribution in [0.1, 0.15) is 21.7 Å². The molecule has 3 heterocycles. The smallest absolute Gasteiger partial charge is 0.435 e. The monoisotopic (exact) mass is 560 g/mol. The number of fused-ring (bicyclic) bond motifs is 1. The molecule has 1 aliphatic rings. The number of hydrogen-bond acceptors (Lipinski definition) is 9. The van der Waals surface area contributed by atoms with E-state index < -0.39 is 27.8 Å². The first-order valence-corrected chi connectivity index (χ1v) is 12.6. The van der Waals surface area contributed by atoms with Crippen molar-refractivity contribution in [1.29, 1.82) is 0 Å². The summed E-state index contributed by atoms with van der Waals surface area (Å²) in [7, 11) is -1.04. The fraction of sp³-hybridized carbons (Fsp3) is 0.167. The number of halogens is 3. The molecule has 1 amide bonds. The van der Waals surface area contributed by atoms with Crippen molar-refractivity contribution < 1.29 is 35.9 Å². The maximum atomic E-state index is 13.4. The van der Waals surface area contributed by atoms with E-state index in [1.54, 1.807) is 18.2 Å². The molecule has 4 aromatic rings. The number of amides is 1. The highest BCUT2D eigenvalue weighted by Crippen LogP contribution is 2.34. The van der Waals surface area contributed by atoms with Gasteiger partial charge >= 0.3 is 6.18 Å². The van der Waals surface area contributed by atoms with E-state index in [0.29, 0.717) is 17.2 Å². The topological polar surface area (TPSA) is 137 Å². The number of alkyl halides is 3. The first-order valence-electron chi connectivity index (χ1n) is 11.1. The van der Waals surface area contributed by atoms with Gasteiger partial charge in [0, 0.05) is 41.3 Å². The van der Waals surface area contributed by atoms with Crippen molar-refractivity contribution >= 4 is 27.6 Å². The number of anilines is 2. The van der Waals surface area contributed by atoms with E-state index in [4.69, 9.17) is 9.47 Å². The number of methoxy groups -OCH3 is 2. The molecule has 0 spiro atoms. The van der Waals surface area contributed by atoms with Crippen LogP contribution in [0.15, 0.2) is 53.6 Å². The number of aromatic nitrogens is 4. The molecule has 5 rings (SSSR count). The molecule has 0 saturated carbocycles. The lowest BCUT2D eigenvalue weighted by Crippen LogP contribution is -2.20. The molecular formula is C24H19F3N6O5S. The van der Waals surface area contributed by atoms with Crippen LogP contribution in [0.3, 0.4) is 0 Å². The number of hydrogen-bond donors (Lipinski definition) is 2. The van der Waals surface area contributed by atoms with Gasteiger partial charge in [0.2, 0.25) is 5.95 Å². The molecule has 0 radical (unpaired) electrons. The van der Waals surface area contributed by atoms with Crippen molar-refractivity contribution in [2.24, 2.45) is 0 Å². The Morgan fingerprint density at radius 3 is 2.31 bits per heavy atom. The standard InChI is InChI=1S/C24H19F3N6O5S/c1-12-6-20(24(25,26)27)31-33(12)21-18(13-4-5-19-17(7-13)22(34)32-39(19,35)36)11-28-23(30-21)29-14-8-15(37-2)10-16(9-14)38-3/h4-11H,1-3H3,(H,32,34)(H,28,29,30). The number of rotatable bonds is 6. The second kappa shape index (κ2) is 9.27. The molecule has 202 valence electrons. The molecule has 0 atom stereocenters. The summed E-state index contributed by atoms with van der Waals surface area (Å²) >= 11 is 0. The summed E-state index contributed by atoms with van der Waals surface area (Å²) in [6, 6.07) is 9.74. The van der Waals surface area contributed by atoms with E-state index in [0.717, 1.165) is 10.7 Å². The molecule has 11 nitrogen and oxygen atoms in total. The van der Waals surface area contributed by atoms with Gasteiger partial charge in [-0.15, -0.1) is 0 Å². The van der Waals surface area contributed by atoms with Gasteiger partial charge in [-0.1, -0.05) is 6.07 Å². The molecule has 2 N–H and O–H groups in total. The minimum Gasteiger partial charge on any atom is -0.497 e. The fourth-order valence-electron chi connectivity index (χ4n) is 3.98. The fourth-order valence-corrected chi connectivity index (χ4v) is 5.13. The largest absolute Gasteiger partial charge is 0.497 e. The SMILES string of the molecule is COc1cc(Nc2ncc(-c3ccc4c(c3)C(=O)NS4(=O)=O)c(-n3nc(C(F)(F)F)cc3C)n2)cc(OC)c1. The zero-order valence-electron chi connectivity index (χ0n) is 20.5. The number of nitrogens with zero attached hydrogens (tertiary/aromatic N) is 4. The molecular weight excluding hydrogens is 541 g/mol. The van der Waals surface area contributed by atoms with Crippen LogP contribution < -0.4 is 19.5 Å². The Labute approximate surface area is 219 Å². The lowest BCUT2D eigenvalue weighted by atomic mass is 10.0. The molecule has 2 aromatic carbocycles. The van der Waals surface area contributed by atoms with E-state index in [2.05, 4.69) is 20.4 Å². The quantitative estimate of drug-likeness (QED) is 0.360. The number of benzene rings is 2. The second-order valence-corrected chi connectivity index (χ2v) is 10.0. The summed E-state index contributed by atoms with van der Waals surface area (Å²) in [5, 5.41) is 6.68. The Kier molecular flexibility index (Phi) is 6.17. The van der Waals surface area contributed by atoms with Crippen molar-refractivity contribution in [2.45, 2.75) is 18.0 Å². The van der Waals surface area contributed by atoms with Gasteiger partial charge in [0.1, 0.15) is 16.4 Å². The van der Waals surface area contributed by atoms with E-state index in [9.17, 15) is 26.4 Å². The van der Waals surface area contributed by atoms with Crippen molar-refractivity contribution in [2.75, 3.05) is 19.5 Å². The van der Waals surface area contributed by atoms with Gasteiger partial charge in [0.05, 0.1) is 19.8 Å². The van der Waals surface area contributed by atoms with Gasteiger partial charge in [-0.05, 0) is 30.7 Å². The van der Waals surface area contributed by atoms with E-state index in [1.165, 1.54) is 45.5 Å². The molecule has 0 fully saturated rings. The van der Waals surface area contributed by atoms with E-state index >= 15 is 0 Å². The summed E-state index contributed by atoms with van der Waals surface area (Å²) < 4.78 is 78.1. The average Bonchev–Trinajstić information content (AvgIpc) is 3.39. The Balaban J connectivity index is 1.66. The van der Waals surface area contributed by atoms with Crippen molar-refractivity contribution in [3.8, 4) is 28.4 Å². The third kappa shape index (κ3) is 4.83. The summed E-state index contributed by atoms with van der Waals surface area (Å²) in [5.41, 5.74) is -0.166. The van der Waals surface area contributed by atoms with Crippen LogP contribution in [-0.4, -0.2) is 48.3 Å². The minimum absolute atomic E-state index is 0.00833. The predicted octanol–water partition coefficient (Wildman–Crippen LogP) is 3.85. The van der Waals surface area contributed by atoms with Crippen LogP contribution in [0.4, 0.5) is 24.8 Å². The maximum Gasteiger partial charge on any atom is 0.435 e. The Hall–Kier alpha value is -4.66. The Morgan fingerprint density at radius 2 is 1.69 bits per heavy atom. The van der Waals surface area contributed by atoms with Crippen LogP contribution in [0.25, 0.3) is 16.9 Å². The molecule has 0 bridgehead atoms. The third-order valence-corrected chi connectivity index (χ3v) is 7.20. The van der Waals surface area contributed by atoms with Gasteiger partial charge in [-0.3, -0.25) is 4.79 Å². The highest BCUT2D eigenvalue weighted by atomic mass is 32.2. The van der Waals surface area contributed by atoms with Crippen LogP contribution >= 0.6 is 0 Å². The predicted molar refractivity (Wildman–Crippen MR) is 132 cm³/mol. The van der Waals surface area contributed by atoms with Crippen molar-refractivity contribution in [3.05, 3.63) is 65.6 Å². The number of carbonyl (C=O) groups is 1. The highest BCUT2D eigenvalue weighted by Gasteiger charge is 2.36. The number of nitrogens with one attached hydrogen (secondary N) is 2. The molecule has 2 aromatic heterocycles. The molecule has 0 saturated heterocycles. The van der Waals surface area contributed by atoms with Gasteiger partial charge in [-0.25, -0.2) is 22.8 Å². The Morgan fingerprint density at radius 1 is 1.00 bits per heavy atom. The third-order valence-electron chi connectivity index (χ3n) is 5.81. The Bertz CT molecular complexity index is 1710. The zero-order valence-corrected chi connectivity index (χ0v) is 21.3. The number of aryl methyl sites for hydroxylation is 1. The molecule has 1 aliphatic heterocycles. The molecule has 0 aliphatic carbocycles. The lowest BCUT2D eigenvalue weighted by molar-refractivity contribution is -0.141. The summed E-state index contributed by atoms with van der Waals surface area (Å²) in [5.74, 6) is 0.0791. The lowest BCUT2D eigenvalue weighted by Gasteiger charge is -2.14. The number of carbonyl (C=O) groups excluding carboxylic acids is 1. The first-order chi connectivity index (χ1) is 18.4. The molecule has 39 heavy (non-hydrogen) atoms. The summed E-state index contributed by atoms with van der Waals surface area (Å²) in [6.07, 6.45) is -3.37. The van der Waals surface area contributed by atoms with Gasteiger partial charge in [0.25, 0.3) is 15.9 Å². The second-order valence-electron chi connectivity index (χ2n) is 8.38. The normalized spacial score (nSPS) is 14.1. The van der Waals surface area contributed by atoms with E-state index in [-0.39, 0.29) is 39.0 Å². The number of sulfonamides is 1. The highest BCUT2D eigenvalue weighted by molar-refractivity contribution is 7.90. The van der Waals surface area contributed by atoms with Crippen LogP contribution in [0, 0.1) is 6.92 Å². The van der Waals surface area contributed by atoms with Crippen molar-refractivity contribution in [1.82, 2.24) is 24.5 Å². The van der Waals surface area contributed by atoms with Gasteiger partial charge < -0.3 is 14.8 Å². The average molecular weight is 561 g/mol. The van der Waals surface area contributed by atoms with Gasteiger partial charge in [0.15, 0.2) is 11.5 Å². The maximum absolute atomic E-state index is 13.4. The van der Waals surface area contributed by atoms with Crippen LogP contribution in [0.2, 0.25) is 0 Å².